The molecule has 1 unspecified atom stereocenters. The smallest absolute Gasteiger partial charge is 0.252 e. The fraction of sp³-hybridized carbons (Fsp3) is 0.200. The maximum absolute atomic E-state index is 14.0. The number of ether oxygens (including phenoxy) is 1. The summed E-state index contributed by atoms with van der Waals surface area (Å²) in [6, 6.07) is 21.5. The topological polar surface area (TPSA) is 147 Å². The Morgan fingerprint density at radius 3 is 2.62 bits per heavy atom. The van der Waals surface area contributed by atoms with Gasteiger partial charge >= 0.3 is 0 Å². The zero-order valence-electron chi connectivity index (χ0n) is 21.8. The van der Waals surface area contributed by atoms with Crippen molar-refractivity contribution in [2.45, 2.75) is 29.7 Å². The fourth-order valence-corrected chi connectivity index (χ4v) is 6.07. The van der Waals surface area contributed by atoms with Gasteiger partial charge < -0.3 is 20.1 Å². The molecule has 6 rings (SSSR count). The Morgan fingerprint density at radius 1 is 1.10 bits per heavy atom. The van der Waals surface area contributed by atoms with Gasteiger partial charge in [-0.1, -0.05) is 30.3 Å². The lowest BCUT2D eigenvalue weighted by atomic mass is 9.80. The first-order valence-corrected chi connectivity index (χ1v) is 14.4. The largest absolute Gasteiger partial charge is 0.497 e. The maximum atomic E-state index is 14.0. The number of methoxy groups -OCH3 is 1. The number of amides is 1. The van der Waals surface area contributed by atoms with Crippen LogP contribution in [0.3, 0.4) is 0 Å². The molecule has 3 aromatic carbocycles. The number of aromatic nitrogens is 2. The third-order valence-corrected chi connectivity index (χ3v) is 8.59. The van der Waals surface area contributed by atoms with Crippen LogP contribution in [0.4, 0.5) is 0 Å². The molecule has 1 aliphatic carbocycles. The second-order valence-corrected chi connectivity index (χ2v) is 11.8. The van der Waals surface area contributed by atoms with Crippen molar-refractivity contribution in [1.29, 1.82) is 0 Å². The SMILES string of the molecule is COc1ccc2nc(-c3ccccc3)cc(C(=O)NC3(CO)CCc4[nH]c5ccc(S(N)(=O)=O)cc5c4C3)c2c1. The standard InChI is InChI=1S/C30H28N4O5S/c1-39-19-7-9-25-21(13-19)23(15-28(33-25)18-5-3-2-4-6-18)29(36)34-30(17-35)12-11-27-24(16-30)22-14-20(40(31,37)38)8-10-26(22)32-27/h2-10,13-15,32,35H,11-12,16-17H2,1H3,(H,34,36)(H2,31,37,38). The van der Waals surface area contributed by atoms with Gasteiger partial charge in [0, 0.05) is 34.0 Å². The van der Waals surface area contributed by atoms with Gasteiger partial charge in [0.1, 0.15) is 5.75 Å². The number of primary sulfonamides is 1. The highest BCUT2D eigenvalue weighted by Crippen LogP contribution is 2.36. The van der Waals surface area contributed by atoms with Gasteiger partial charge in [-0.05, 0) is 60.9 Å². The number of nitrogens with zero attached hydrogens (tertiary/aromatic N) is 1. The summed E-state index contributed by atoms with van der Waals surface area (Å²) in [6.45, 7) is -0.294. The van der Waals surface area contributed by atoms with E-state index in [9.17, 15) is 18.3 Å². The van der Waals surface area contributed by atoms with Crippen molar-refractivity contribution in [1.82, 2.24) is 15.3 Å². The third-order valence-electron chi connectivity index (χ3n) is 7.67. The zero-order valence-corrected chi connectivity index (χ0v) is 22.6. The van der Waals surface area contributed by atoms with Gasteiger partial charge in [0.25, 0.3) is 5.91 Å². The predicted molar refractivity (Wildman–Crippen MR) is 153 cm³/mol. The first kappa shape index (κ1) is 26.0. The molecule has 0 radical (unpaired) electrons. The summed E-state index contributed by atoms with van der Waals surface area (Å²) >= 11 is 0. The van der Waals surface area contributed by atoms with E-state index in [1.165, 1.54) is 6.07 Å². The van der Waals surface area contributed by atoms with Crippen LogP contribution < -0.4 is 15.2 Å². The molecule has 0 saturated heterocycles. The number of fused-ring (bicyclic) bond motifs is 4. The summed E-state index contributed by atoms with van der Waals surface area (Å²) in [4.78, 5) is 22.1. The Labute approximate surface area is 231 Å². The maximum Gasteiger partial charge on any atom is 0.252 e. The van der Waals surface area contributed by atoms with Crippen LogP contribution >= 0.6 is 0 Å². The average Bonchev–Trinajstić information content (AvgIpc) is 3.33. The number of hydrogen-bond acceptors (Lipinski definition) is 6. The molecule has 40 heavy (non-hydrogen) atoms. The van der Waals surface area contributed by atoms with Gasteiger partial charge in [0.05, 0.1) is 40.9 Å². The molecular weight excluding hydrogens is 528 g/mol. The van der Waals surface area contributed by atoms with Crippen LogP contribution in [-0.4, -0.2) is 48.7 Å². The van der Waals surface area contributed by atoms with Gasteiger partial charge in [-0.3, -0.25) is 4.79 Å². The Bertz CT molecular complexity index is 1890. The minimum atomic E-state index is -3.89. The Balaban J connectivity index is 1.41. The molecular formula is C30H28N4O5S. The van der Waals surface area contributed by atoms with Crippen molar-refractivity contribution < 1.29 is 23.1 Å². The van der Waals surface area contributed by atoms with Crippen molar-refractivity contribution in [3.63, 3.8) is 0 Å². The van der Waals surface area contributed by atoms with E-state index in [2.05, 4.69) is 10.3 Å². The van der Waals surface area contributed by atoms with E-state index in [0.717, 1.165) is 22.3 Å². The van der Waals surface area contributed by atoms with Crippen molar-refractivity contribution in [2.75, 3.05) is 13.7 Å². The molecule has 2 heterocycles. The number of aliphatic hydroxyl groups excluding tert-OH is 1. The zero-order chi connectivity index (χ0) is 28.1. The minimum Gasteiger partial charge on any atom is -0.497 e. The lowest BCUT2D eigenvalue weighted by Crippen LogP contribution is -2.54. The van der Waals surface area contributed by atoms with Crippen LogP contribution in [-0.2, 0) is 22.9 Å². The highest BCUT2D eigenvalue weighted by Gasteiger charge is 2.38. The molecule has 204 valence electrons. The number of nitrogens with one attached hydrogen (secondary N) is 2. The normalized spacial score (nSPS) is 17.1. The van der Waals surface area contributed by atoms with E-state index < -0.39 is 15.6 Å². The molecule has 0 aliphatic heterocycles. The van der Waals surface area contributed by atoms with Gasteiger partial charge in [-0.15, -0.1) is 0 Å². The number of aromatic amines is 1. The molecule has 5 N–H and O–H groups in total. The summed E-state index contributed by atoms with van der Waals surface area (Å²) in [7, 11) is -2.33. The summed E-state index contributed by atoms with van der Waals surface area (Å²) in [5.74, 6) is 0.250. The number of rotatable bonds is 6. The quantitative estimate of drug-likeness (QED) is 0.251. The molecule has 0 saturated carbocycles. The van der Waals surface area contributed by atoms with Crippen molar-refractivity contribution in [3.8, 4) is 17.0 Å². The van der Waals surface area contributed by atoms with Crippen molar-refractivity contribution in [2.24, 2.45) is 5.14 Å². The first-order chi connectivity index (χ1) is 19.2. The van der Waals surface area contributed by atoms with E-state index >= 15 is 0 Å². The van der Waals surface area contributed by atoms with Crippen molar-refractivity contribution in [3.05, 3.63) is 89.6 Å². The second kappa shape index (κ2) is 9.74. The first-order valence-electron chi connectivity index (χ1n) is 12.8. The molecule has 0 spiro atoms. The molecule has 1 atom stereocenters. The number of benzene rings is 3. The second-order valence-electron chi connectivity index (χ2n) is 10.2. The highest BCUT2D eigenvalue weighted by atomic mass is 32.2. The van der Waals surface area contributed by atoms with E-state index in [0.29, 0.717) is 52.6 Å². The number of aliphatic hydroxyl groups is 1. The van der Waals surface area contributed by atoms with Gasteiger partial charge in [-0.25, -0.2) is 18.5 Å². The predicted octanol–water partition coefficient (Wildman–Crippen LogP) is 3.69. The number of nitrogens with two attached hydrogens (primary N) is 1. The van der Waals surface area contributed by atoms with Gasteiger partial charge in [0.15, 0.2) is 0 Å². The van der Waals surface area contributed by atoms with Gasteiger partial charge in [0.2, 0.25) is 10.0 Å². The molecule has 0 fully saturated rings. The fourth-order valence-electron chi connectivity index (χ4n) is 5.53. The number of carbonyl (C=O) groups excluding carboxylic acids is 1. The van der Waals surface area contributed by atoms with E-state index in [1.54, 1.807) is 37.4 Å². The molecule has 0 bridgehead atoms. The molecule has 10 heteroatoms. The number of hydrogen-bond donors (Lipinski definition) is 4. The number of carbonyl (C=O) groups is 1. The number of pyridine rings is 1. The molecule has 1 amide bonds. The number of H-pyrrole nitrogens is 1. The van der Waals surface area contributed by atoms with Crippen molar-refractivity contribution >= 4 is 37.7 Å². The lowest BCUT2D eigenvalue weighted by molar-refractivity contribution is 0.0810. The van der Waals surface area contributed by atoms with E-state index in [1.807, 2.05) is 36.4 Å². The number of aryl methyl sites for hydroxylation is 1. The summed E-state index contributed by atoms with van der Waals surface area (Å²) < 4.78 is 29.4. The van der Waals surface area contributed by atoms with Gasteiger partial charge in [-0.2, -0.15) is 0 Å². The molecule has 2 aromatic heterocycles. The van der Waals surface area contributed by atoms with Crippen LogP contribution in [0.25, 0.3) is 33.1 Å². The van der Waals surface area contributed by atoms with Crippen LogP contribution in [0, 0.1) is 0 Å². The number of sulfonamides is 1. The summed E-state index contributed by atoms with van der Waals surface area (Å²) in [5, 5.41) is 20.5. The minimum absolute atomic E-state index is 0.0108. The highest BCUT2D eigenvalue weighted by molar-refractivity contribution is 7.89. The average molecular weight is 557 g/mol. The Morgan fingerprint density at radius 2 is 1.90 bits per heavy atom. The summed E-state index contributed by atoms with van der Waals surface area (Å²) in [6.07, 6.45) is 1.38. The van der Waals surface area contributed by atoms with E-state index in [-0.39, 0.29) is 17.4 Å². The molecule has 9 nitrogen and oxygen atoms in total. The summed E-state index contributed by atoms with van der Waals surface area (Å²) in [5.41, 5.74) is 4.20. The molecule has 5 aromatic rings. The third kappa shape index (κ3) is 4.60. The van der Waals surface area contributed by atoms with Crippen LogP contribution in [0.1, 0.15) is 28.0 Å². The Kier molecular flexibility index (Phi) is 6.33. The monoisotopic (exact) mass is 556 g/mol. The van der Waals surface area contributed by atoms with Crippen LogP contribution in [0.15, 0.2) is 77.7 Å². The lowest BCUT2D eigenvalue weighted by Gasteiger charge is -2.36. The molecule has 1 aliphatic rings. The Hall–Kier alpha value is -4.25. The van der Waals surface area contributed by atoms with E-state index in [4.69, 9.17) is 14.9 Å². The van der Waals surface area contributed by atoms with Crippen LogP contribution in [0.2, 0.25) is 0 Å². The van der Waals surface area contributed by atoms with Crippen LogP contribution in [0.5, 0.6) is 5.75 Å².